The lowest BCUT2D eigenvalue weighted by atomic mass is 10.1. The SMILES string of the molecule is CC(C)c1cc(N2CCOCC2)nn1C. The molecule has 0 amide bonds. The summed E-state index contributed by atoms with van der Waals surface area (Å²) >= 11 is 0. The Kier molecular flexibility index (Phi) is 2.95. The van der Waals surface area contributed by atoms with Gasteiger partial charge in [-0.15, -0.1) is 0 Å². The van der Waals surface area contributed by atoms with Crippen molar-refractivity contribution in [3.05, 3.63) is 11.8 Å². The van der Waals surface area contributed by atoms with Gasteiger partial charge in [0.25, 0.3) is 0 Å². The van der Waals surface area contributed by atoms with Gasteiger partial charge in [0.2, 0.25) is 0 Å². The van der Waals surface area contributed by atoms with E-state index in [4.69, 9.17) is 4.74 Å². The van der Waals surface area contributed by atoms with Crippen molar-refractivity contribution in [2.75, 3.05) is 31.2 Å². The predicted molar refractivity (Wildman–Crippen MR) is 60.3 cm³/mol. The first-order valence-electron chi connectivity index (χ1n) is 5.55. The summed E-state index contributed by atoms with van der Waals surface area (Å²) in [5, 5.41) is 4.54. The summed E-state index contributed by atoms with van der Waals surface area (Å²) in [6.45, 7) is 7.92. The molecule has 0 saturated carbocycles. The zero-order valence-electron chi connectivity index (χ0n) is 9.73. The topological polar surface area (TPSA) is 30.3 Å². The summed E-state index contributed by atoms with van der Waals surface area (Å²) < 4.78 is 7.31. The molecule has 1 aromatic rings. The fraction of sp³-hybridized carbons (Fsp3) is 0.727. The molecule has 1 fully saturated rings. The van der Waals surface area contributed by atoms with Crippen LogP contribution in [-0.2, 0) is 11.8 Å². The number of rotatable bonds is 2. The van der Waals surface area contributed by atoms with Gasteiger partial charge in [-0.05, 0) is 5.92 Å². The van der Waals surface area contributed by atoms with Gasteiger partial charge in [-0.1, -0.05) is 13.8 Å². The molecule has 4 nitrogen and oxygen atoms in total. The molecule has 1 aliphatic rings. The molecule has 1 saturated heterocycles. The van der Waals surface area contributed by atoms with Gasteiger partial charge in [-0.25, -0.2) is 0 Å². The van der Waals surface area contributed by atoms with Crippen LogP contribution in [0.3, 0.4) is 0 Å². The summed E-state index contributed by atoms with van der Waals surface area (Å²) in [7, 11) is 2.01. The lowest BCUT2D eigenvalue weighted by molar-refractivity contribution is 0.122. The molecule has 0 bridgehead atoms. The van der Waals surface area contributed by atoms with E-state index >= 15 is 0 Å². The zero-order valence-corrected chi connectivity index (χ0v) is 9.73. The van der Waals surface area contributed by atoms with Crippen LogP contribution in [-0.4, -0.2) is 36.1 Å². The van der Waals surface area contributed by atoms with Crippen molar-refractivity contribution < 1.29 is 4.74 Å². The Bertz CT molecular complexity index is 327. The van der Waals surface area contributed by atoms with E-state index in [0.29, 0.717) is 5.92 Å². The van der Waals surface area contributed by atoms with Crippen LogP contribution < -0.4 is 4.90 Å². The monoisotopic (exact) mass is 209 g/mol. The van der Waals surface area contributed by atoms with Crippen molar-refractivity contribution in [1.82, 2.24) is 9.78 Å². The Balaban J connectivity index is 2.17. The third-order valence-electron chi connectivity index (χ3n) is 2.83. The highest BCUT2D eigenvalue weighted by atomic mass is 16.5. The van der Waals surface area contributed by atoms with E-state index in [9.17, 15) is 0 Å². The van der Waals surface area contributed by atoms with Gasteiger partial charge in [0.15, 0.2) is 5.82 Å². The minimum Gasteiger partial charge on any atom is -0.378 e. The first-order chi connectivity index (χ1) is 7.18. The zero-order chi connectivity index (χ0) is 10.8. The molecule has 4 heteroatoms. The minimum atomic E-state index is 0.525. The molecule has 0 unspecified atom stereocenters. The van der Waals surface area contributed by atoms with Gasteiger partial charge >= 0.3 is 0 Å². The van der Waals surface area contributed by atoms with E-state index in [2.05, 4.69) is 29.9 Å². The molecule has 0 spiro atoms. The predicted octanol–water partition coefficient (Wildman–Crippen LogP) is 1.38. The Morgan fingerprint density at radius 2 is 2.00 bits per heavy atom. The number of aryl methyl sites for hydroxylation is 1. The first kappa shape index (κ1) is 10.5. The lowest BCUT2D eigenvalue weighted by Gasteiger charge is -2.26. The van der Waals surface area contributed by atoms with Crippen LogP contribution in [0.5, 0.6) is 0 Å². The largest absolute Gasteiger partial charge is 0.378 e. The van der Waals surface area contributed by atoms with Gasteiger partial charge in [0, 0.05) is 31.9 Å². The van der Waals surface area contributed by atoms with Gasteiger partial charge in [-0.3, -0.25) is 4.68 Å². The van der Waals surface area contributed by atoms with Crippen LogP contribution in [0.25, 0.3) is 0 Å². The molecule has 2 heterocycles. The number of aromatic nitrogens is 2. The van der Waals surface area contributed by atoms with Gasteiger partial charge in [0.1, 0.15) is 0 Å². The summed E-state index contributed by atoms with van der Waals surface area (Å²) in [4.78, 5) is 2.29. The average molecular weight is 209 g/mol. The van der Waals surface area contributed by atoms with Crippen molar-refractivity contribution in [1.29, 1.82) is 0 Å². The maximum Gasteiger partial charge on any atom is 0.151 e. The van der Waals surface area contributed by atoms with Crippen LogP contribution >= 0.6 is 0 Å². The maximum absolute atomic E-state index is 5.33. The van der Waals surface area contributed by atoms with Crippen molar-refractivity contribution in [3.8, 4) is 0 Å². The third kappa shape index (κ3) is 2.15. The summed E-state index contributed by atoms with van der Waals surface area (Å²) in [6.07, 6.45) is 0. The molecular weight excluding hydrogens is 190 g/mol. The van der Waals surface area contributed by atoms with E-state index in [-0.39, 0.29) is 0 Å². The van der Waals surface area contributed by atoms with Gasteiger partial charge in [-0.2, -0.15) is 5.10 Å². The second-order valence-electron chi connectivity index (χ2n) is 4.31. The second kappa shape index (κ2) is 4.23. The van der Waals surface area contributed by atoms with E-state index < -0.39 is 0 Å². The van der Waals surface area contributed by atoms with Crippen LogP contribution in [0, 0.1) is 0 Å². The highest BCUT2D eigenvalue weighted by Gasteiger charge is 2.16. The van der Waals surface area contributed by atoms with E-state index in [1.165, 1.54) is 5.69 Å². The van der Waals surface area contributed by atoms with Crippen LogP contribution in [0.15, 0.2) is 6.07 Å². The summed E-state index contributed by atoms with van der Waals surface area (Å²) in [6, 6.07) is 2.19. The molecule has 1 aromatic heterocycles. The van der Waals surface area contributed by atoms with Crippen LogP contribution in [0.4, 0.5) is 5.82 Å². The molecule has 15 heavy (non-hydrogen) atoms. The molecule has 1 aliphatic heterocycles. The maximum atomic E-state index is 5.33. The molecule has 2 rings (SSSR count). The first-order valence-corrected chi connectivity index (χ1v) is 5.55. The fourth-order valence-electron chi connectivity index (χ4n) is 1.95. The molecule has 0 radical (unpaired) electrons. The highest BCUT2D eigenvalue weighted by molar-refractivity contribution is 5.40. The molecule has 0 N–H and O–H groups in total. The normalized spacial score (nSPS) is 17.5. The Hall–Kier alpha value is -1.03. The summed E-state index contributed by atoms with van der Waals surface area (Å²) in [5.41, 5.74) is 1.29. The number of anilines is 1. The van der Waals surface area contributed by atoms with E-state index in [0.717, 1.165) is 32.1 Å². The molecule has 84 valence electrons. The number of ether oxygens (including phenoxy) is 1. The van der Waals surface area contributed by atoms with Crippen LogP contribution in [0.1, 0.15) is 25.5 Å². The Morgan fingerprint density at radius 1 is 1.33 bits per heavy atom. The molecular formula is C11H19N3O. The summed E-state index contributed by atoms with van der Waals surface area (Å²) in [5.74, 6) is 1.61. The van der Waals surface area contributed by atoms with E-state index in [1.807, 2.05) is 11.7 Å². The quantitative estimate of drug-likeness (QED) is 0.737. The third-order valence-corrected chi connectivity index (χ3v) is 2.83. The lowest BCUT2D eigenvalue weighted by Crippen LogP contribution is -2.36. The Labute approximate surface area is 90.8 Å². The fourth-order valence-corrected chi connectivity index (χ4v) is 1.95. The van der Waals surface area contributed by atoms with E-state index in [1.54, 1.807) is 0 Å². The number of hydrogen-bond donors (Lipinski definition) is 0. The molecule has 0 aromatic carbocycles. The Morgan fingerprint density at radius 3 is 2.53 bits per heavy atom. The number of nitrogens with zero attached hydrogens (tertiary/aromatic N) is 3. The second-order valence-corrected chi connectivity index (χ2v) is 4.31. The van der Waals surface area contributed by atoms with Gasteiger partial charge in [0.05, 0.1) is 13.2 Å². The number of morpholine rings is 1. The number of hydrogen-bond acceptors (Lipinski definition) is 3. The molecule has 0 aliphatic carbocycles. The molecule has 0 atom stereocenters. The minimum absolute atomic E-state index is 0.525. The van der Waals surface area contributed by atoms with Crippen LogP contribution in [0.2, 0.25) is 0 Å². The van der Waals surface area contributed by atoms with Crippen molar-refractivity contribution >= 4 is 5.82 Å². The smallest absolute Gasteiger partial charge is 0.151 e. The van der Waals surface area contributed by atoms with Crippen molar-refractivity contribution in [2.24, 2.45) is 7.05 Å². The van der Waals surface area contributed by atoms with Crippen molar-refractivity contribution in [3.63, 3.8) is 0 Å². The standard InChI is InChI=1S/C11H19N3O/c1-9(2)10-8-11(12-13(10)3)14-4-6-15-7-5-14/h8-9H,4-7H2,1-3H3. The highest BCUT2D eigenvalue weighted by Crippen LogP contribution is 2.20. The van der Waals surface area contributed by atoms with Gasteiger partial charge < -0.3 is 9.64 Å². The average Bonchev–Trinajstić information content (AvgIpc) is 2.62. The van der Waals surface area contributed by atoms with Crippen molar-refractivity contribution in [2.45, 2.75) is 19.8 Å².